The first-order chi connectivity index (χ1) is 13.4. The summed E-state index contributed by atoms with van der Waals surface area (Å²) in [5, 5.41) is 15.3. The summed E-state index contributed by atoms with van der Waals surface area (Å²) in [7, 11) is 0. The summed E-state index contributed by atoms with van der Waals surface area (Å²) in [5.41, 5.74) is 3.10. The first kappa shape index (κ1) is 18.7. The Morgan fingerprint density at radius 1 is 1.39 bits per heavy atom. The van der Waals surface area contributed by atoms with Crippen molar-refractivity contribution in [3.8, 4) is 11.3 Å². The Morgan fingerprint density at radius 2 is 2.21 bits per heavy atom. The van der Waals surface area contributed by atoms with Crippen LogP contribution < -0.4 is 5.43 Å². The molecule has 0 spiro atoms. The van der Waals surface area contributed by atoms with Crippen LogP contribution >= 0.6 is 11.6 Å². The van der Waals surface area contributed by atoms with Crippen LogP contribution in [0.1, 0.15) is 38.4 Å². The van der Waals surface area contributed by atoms with E-state index in [1.54, 1.807) is 12.1 Å². The standard InChI is InChI=1S/C20H20ClN3O4/c1-20-9-3-2-4-15(20)18(20)19(25)23-22-11-13-6-8-17(28-13)14-10-12(24(26)27)5-7-16(14)21/h5-8,10-11,15,18H,2-4,9H2,1H3,(H,23,25)/b22-11-/t15-,18+,20-/m0/s1. The quantitative estimate of drug-likeness (QED) is 0.442. The van der Waals surface area contributed by atoms with Crippen molar-refractivity contribution in [3.63, 3.8) is 0 Å². The van der Waals surface area contributed by atoms with Crippen LogP contribution in [-0.2, 0) is 4.79 Å². The number of non-ortho nitro benzene ring substituents is 1. The molecule has 0 saturated heterocycles. The Balaban J connectivity index is 1.42. The lowest BCUT2D eigenvalue weighted by atomic mass is 9.90. The number of fused-ring (bicyclic) bond motifs is 1. The Labute approximate surface area is 166 Å². The number of nitrogens with one attached hydrogen (secondary N) is 1. The zero-order chi connectivity index (χ0) is 19.9. The molecule has 3 atom stereocenters. The highest BCUT2D eigenvalue weighted by Crippen LogP contribution is 2.66. The number of carbonyl (C=O) groups excluding carboxylic acids is 1. The second kappa shape index (κ2) is 7.05. The number of hydrogen-bond acceptors (Lipinski definition) is 5. The van der Waals surface area contributed by atoms with Crippen molar-refractivity contribution in [1.82, 2.24) is 5.43 Å². The highest BCUT2D eigenvalue weighted by Gasteiger charge is 2.64. The Bertz CT molecular complexity index is 970. The minimum absolute atomic E-state index is 0.0424. The molecule has 1 aromatic heterocycles. The fourth-order valence-electron chi connectivity index (χ4n) is 4.46. The third-order valence-corrected chi connectivity index (χ3v) is 6.36. The van der Waals surface area contributed by atoms with Gasteiger partial charge in [0.25, 0.3) is 5.69 Å². The van der Waals surface area contributed by atoms with Crippen LogP contribution in [0.15, 0.2) is 39.9 Å². The van der Waals surface area contributed by atoms with E-state index in [0.717, 1.165) is 12.8 Å². The summed E-state index contributed by atoms with van der Waals surface area (Å²) in [6, 6.07) is 7.48. The fraction of sp³-hybridized carbons (Fsp3) is 0.400. The SMILES string of the molecule is C[C@]12CCCC[C@H]1[C@@H]2C(=O)N/N=C\c1ccc(-c2cc([N+](=O)[O-])ccc2Cl)o1. The number of hydrogen-bond donors (Lipinski definition) is 1. The predicted molar refractivity (Wildman–Crippen MR) is 105 cm³/mol. The van der Waals surface area contributed by atoms with Gasteiger partial charge in [-0.1, -0.05) is 31.4 Å². The highest BCUT2D eigenvalue weighted by molar-refractivity contribution is 6.33. The lowest BCUT2D eigenvalue weighted by Gasteiger charge is -2.15. The maximum Gasteiger partial charge on any atom is 0.270 e. The maximum atomic E-state index is 12.4. The second-order valence-corrected chi connectivity index (χ2v) is 8.10. The molecule has 1 N–H and O–H groups in total. The van der Waals surface area contributed by atoms with Crippen LogP contribution in [0.2, 0.25) is 5.02 Å². The molecule has 28 heavy (non-hydrogen) atoms. The lowest BCUT2D eigenvalue weighted by molar-refractivity contribution is -0.384. The van der Waals surface area contributed by atoms with Gasteiger partial charge in [0.1, 0.15) is 11.5 Å². The first-order valence-electron chi connectivity index (χ1n) is 9.27. The van der Waals surface area contributed by atoms with Crippen molar-refractivity contribution in [2.45, 2.75) is 32.6 Å². The van der Waals surface area contributed by atoms with Crippen molar-refractivity contribution < 1.29 is 14.1 Å². The Kier molecular flexibility index (Phi) is 4.71. The van der Waals surface area contributed by atoms with Gasteiger partial charge in [-0.25, -0.2) is 5.43 Å². The maximum absolute atomic E-state index is 12.4. The molecular weight excluding hydrogens is 382 g/mol. The Hall–Kier alpha value is -2.67. The minimum atomic E-state index is -0.489. The van der Waals surface area contributed by atoms with Crippen molar-refractivity contribution in [2.75, 3.05) is 0 Å². The monoisotopic (exact) mass is 401 g/mol. The van der Waals surface area contributed by atoms with E-state index in [1.165, 1.54) is 37.3 Å². The van der Waals surface area contributed by atoms with Gasteiger partial charge in [0, 0.05) is 23.6 Å². The number of halogens is 1. The van der Waals surface area contributed by atoms with E-state index in [4.69, 9.17) is 16.0 Å². The normalized spacial score (nSPS) is 26.1. The lowest BCUT2D eigenvalue weighted by Crippen LogP contribution is -2.22. The average Bonchev–Trinajstić information content (AvgIpc) is 3.03. The van der Waals surface area contributed by atoms with Crippen LogP contribution in [0.5, 0.6) is 0 Å². The molecule has 0 aliphatic heterocycles. The van der Waals surface area contributed by atoms with Crippen molar-refractivity contribution in [1.29, 1.82) is 0 Å². The van der Waals surface area contributed by atoms with Gasteiger partial charge in [-0.05, 0) is 42.4 Å². The molecule has 0 bridgehead atoms. The predicted octanol–water partition coefficient (Wildman–Crippen LogP) is 4.78. The van der Waals surface area contributed by atoms with Crippen LogP contribution in [0.4, 0.5) is 5.69 Å². The molecule has 1 aromatic carbocycles. The van der Waals surface area contributed by atoms with Gasteiger partial charge >= 0.3 is 0 Å². The van der Waals surface area contributed by atoms with E-state index in [2.05, 4.69) is 17.5 Å². The third kappa shape index (κ3) is 3.30. The molecule has 0 unspecified atom stereocenters. The number of nitro groups is 1. The smallest absolute Gasteiger partial charge is 0.270 e. The van der Waals surface area contributed by atoms with Gasteiger partial charge in [-0.3, -0.25) is 14.9 Å². The first-order valence-corrected chi connectivity index (χ1v) is 9.65. The summed E-state index contributed by atoms with van der Waals surface area (Å²) in [6.07, 6.45) is 6.02. The molecule has 2 fully saturated rings. The zero-order valence-electron chi connectivity index (χ0n) is 15.4. The van der Waals surface area contributed by atoms with E-state index >= 15 is 0 Å². The third-order valence-electron chi connectivity index (χ3n) is 6.03. The van der Waals surface area contributed by atoms with Gasteiger partial charge in [0.15, 0.2) is 0 Å². The number of carbonyl (C=O) groups is 1. The minimum Gasteiger partial charge on any atom is -0.455 e. The fourth-order valence-corrected chi connectivity index (χ4v) is 4.67. The Morgan fingerprint density at radius 3 is 2.93 bits per heavy atom. The topological polar surface area (TPSA) is 97.7 Å². The van der Waals surface area contributed by atoms with E-state index in [9.17, 15) is 14.9 Å². The largest absolute Gasteiger partial charge is 0.455 e. The molecule has 4 rings (SSSR count). The summed E-state index contributed by atoms with van der Waals surface area (Å²) < 4.78 is 5.65. The van der Waals surface area contributed by atoms with Crippen LogP contribution in [0.25, 0.3) is 11.3 Å². The van der Waals surface area contributed by atoms with E-state index in [1.807, 2.05) is 0 Å². The molecule has 2 aliphatic carbocycles. The van der Waals surface area contributed by atoms with Crippen molar-refractivity contribution in [3.05, 3.63) is 51.2 Å². The van der Waals surface area contributed by atoms with Gasteiger partial charge < -0.3 is 4.42 Å². The van der Waals surface area contributed by atoms with E-state index < -0.39 is 4.92 Å². The molecular formula is C20H20ClN3O4. The summed E-state index contributed by atoms with van der Waals surface area (Å²) in [6.45, 7) is 2.19. The van der Waals surface area contributed by atoms with Gasteiger partial charge in [-0.2, -0.15) is 5.10 Å². The van der Waals surface area contributed by atoms with Gasteiger partial charge in [-0.15, -0.1) is 0 Å². The van der Waals surface area contributed by atoms with E-state index in [-0.39, 0.29) is 22.9 Å². The number of benzene rings is 1. The molecule has 1 amide bonds. The number of furan rings is 1. The summed E-state index contributed by atoms with van der Waals surface area (Å²) in [4.78, 5) is 22.9. The van der Waals surface area contributed by atoms with Crippen LogP contribution in [0, 0.1) is 27.4 Å². The average molecular weight is 402 g/mol. The van der Waals surface area contributed by atoms with Crippen LogP contribution in [0.3, 0.4) is 0 Å². The molecule has 2 saturated carbocycles. The molecule has 146 valence electrons. The zero-order valence-corrected chi connectivity index (χ0v) is 16.1. The number of rotatable bonds is 5. The molecule has 1 heterocycles. The molecule has 0 radical (unpaired) electrons. The highest BCUT2D eigenvalue weighted by atomic mass is 35.5. The number of amides is 1. The molecule has 2 aliphatic rings. The van der Waals surface area contributed by atoms with Crippen molar-refractivity contribution in [2.24, 2.45) is 22.4 Å². The molecule has 2 aromatic rings. The number of hydrazone groups is 1. The molecule has 8 heteroatoms. The molecule has 7 nitrogen and oxygen atoms in total. The summed E-state index contributed by atoms with van der Waals surface area (Å²) >= 11 is 6.13. The van der Waals surface area contributed by atoms with Gasteiger partial charge in [0.2, 0.25) is 5.91 Å². The summed E-state index contributed by atoms with van der Waals surface area (Å²) in [5.74, 6) is 1.28. The van der Waals surface area contributed by atoms with E-state index in [0.29, 0.717) is 28.0 Å². The second-order valence-electron chi connectivity index (χ2n) is 7.69. The van der Waals surface area contributed by atoms with Crippen LogP contribution in [-0.4, -0.2) is 17.0 Å². The number of nitro benzene ring substituents is 1. The van der Waals surface area contributed by atoms with Crippen molar-refractivity contribution >= 4 is 29.4 Å². The number of nitrogens with zero attached hydrogens (tertiary/aromatic N) is 2. The van der Waals surface area contributed by atoms with Gasteiger partial charge in [0.05, 0.1) is 16.2 Å².